The Morgan fingerprint density at radius 1 is 1.04 bits per heavy atom. The van der Waals surface area contributed by atoms with Crippen LogP contribution in [0.4, 0.5) is 4.39 Å². The monoisotopic (exact) mass is 315 g/mol. The smallest absolute Gasteiger partial charge is 0.326 e. The SMILES string of the molecule is O=C(CCc1ccccc1)N[C@@H](Cc1ccccc1F)C(=O)O. The number of halogens is 1. The van der Waals surface area contributed by atoms with Crippen molar-refractivity contribution >= 4 is 11.9 Å². The van der Waals surface area contributed by atoms with E-state index in [2.05, 4.69) is 5.32 Å². The van der Waals surface area contributed by atoms with Gasteiger partial charge in [0.1, 0.15) is 11.9 Å². The molecule has 2 N–H and O–H groups in total. The Morgan fingerprint density at radius 2 is 1.70 bits per heavy atom. The molecule has 0 unspecified atom stereocenters. The van der Waals surface area contributed by atoms with Crippen LogP contribution in [0, 0.1) is 5.82 Å². The standard InChI is InChI=1S/C18H18FNO3/c19-15-9-5-4-8-14(15)12-16(18(22)23)20-17(21)11-10-13-6-2-1-3-7-13/h1-9,16H,10-12H2,(H,20,21)(H,22,23)/t16-/m0/s1. The van der Waals surface area contributed by atoms with Crippen LogP contribution in [0.5, 0.6) is 0 Å². The number of carbonyl (C=O) groups is 2. The van der Waals surface area contributed by atoms with E-state index in [0.717, 1.165) is 5.56 Å². The summed E-state index contributed by atoms with van der Waals surface area (Å²) in [6.45, 7) is 0. The van der Waals surface area contributed by atoms with Gasteiger partial charge in [0, 0.05) is 12.8 Å². The molecule has 1 amide bonds. The van der Waals surface area contributed by atoms with Gasteiger partial charge in [0.2, 0.25) is 5.91 Å². The zero-order valence-corrected chi connectivity index (χ0v) is 12.5. The van der Waals surface area contributed by atoms with Crippen molar-refractivity contribution in [1.29, 1.82) is 0 Å². The fraction of sp³-hybridized carbons (Fsp3) is 0.222. The van der Waals surface area contributed by atoms with Gasteiger partial charge >= 0.3 is 5.97 Å². The number of rotatable bonds is 7. The molecule has 0 saturated heterocycles. The van der Waals surface area contributed by atoms with Crippen molar-refractivity contribution in [3.05, 3.63) is 71.5 Å². The summed E-state index contributed by atoms with van der Waals surface area (Å²) in [5.41, 5.74) is 1.27. The number of carbonyl (C=O) groups excluding carboxylic acids is 1. The first-order valence-corrected chi connectivity index (χ1v) is 7.36. The summed E-state index contributed by atoms with van der Waals surface area (Å²) in [4.78, 5) is 23.2. The van der Waals surface area contributed by atoms with E-state index in [-0.39, 0.29) is 24.3 Å². The minimum atomic E-state index is -1.18. The van der Waals surface area contributed by atoms with Crippen LogP contribution in [0.15, 0.2) is 54.6 Å². The minimum Gasteiger partial charge on any atom is -0.480 e. The van der Waals surface area contributed by atoms with E-state index in [4.69, 9.17) is 0 Å². The van der Waals surface area contributed by atoms with Crippen LogP contribution in [0.2, 0.25) is 0 Å². The first-order valence-electron chi connectivity index (χ1n) is 7.36. The minimum absolute atomic E-state index is 0.0842. The lowest BCUT2D eigenvalue weighted by Gasteiger charge is -2.15. The number of aryl methyl sites for hydroxylation is 1. The lowest BCUT2D eigenvalue weighted by Crippen LogP contribution is -2.42. The highest BCUT2D eigenvalue weighted by molar-refractivity contribution is 5.83. The van der Waals surface area contributed by atoms with Crippen LogP contribution in [0.3, 0.4) is 0 Å². The lowest BCUT2D eigenvalue weighted by molar-refractivity contribution is -0.141. The third-order valence-electron chi connectivity index (χ3n) is 3.50. The maximum Gasteiger partial charge on any atom is 0.326 e. The molecule has 0 aliphatic heterocycles. The van der Waals surface area contributed by atoms with Gasteiger partial charge in [-0.25, -0.2) is 9.18 Å². The maximum absolute atomic E-state index is 13.6. The lowest BCUT2D eigenvalue weighted by atomic mass is 10.0. The van der Waals surface area contributed by atoms with Crippen molar-refractivity contribution in [2.45, 2.75) is 25.3 Å². The predicted molar refractivity (Wildman–Crippen MR) is 84.4 cm³/mol. The molecule has 120 valence electrons. The molecule has 5 heteroatoms. The predicted octanol–water partition coefficient (Wildman–Crippen LogP) is 2.57. The zero-order valence-electron chi connectivity index (χ0n) is 12.5. The fourth-order valence-electron chi connectivity index (χ4n) is 2.25. The Morgan fingerprint density at radius 3 is 2.35 bits per heavy atom. The van der Waals surface area contributed by atoms with Crippen LogP contribution in [0.1, 0.15) is 17.5 Å². The van der Waals surface area contributed by atoms with Crippen molar-refractivity contribution in [2.75, 3.05) is 0 Å². The second-order valence-corrected chi connectivity index (χ2v) is 5.24. The summed E-state index contributed by atoms with van der Waals surface area (Å²) in [5, 5.41) is 11.7. The van der Waals surface area contributed by atoms with Crippen LogP contribution >= 0.6 is 0 Å². The Labute approximate surface area is 134 Å². The second-order valence-electron chi connectivity index (χ2n) is 5.24. The Hall–Kier alpha value is -2.69. The van der Waals surface area contributed by atoms with Crippen LogP contribution in [-0.4, -0.2) is 23.0 Å². The molecule has 23 heavy (non-hydrogen) atoms. The number of carboxylic acid groups (broad SMARTS) is 1. The number of nitrogens with one attached hydrogen (secondary N) is 1. The Kier molecular flexibility index (Phi) is 5.86. The Balaban J connectivity index is 1.92. The molecule has 1 atom stereocenters. The third kappa shape index (κ3) is 5.21. The molecule has 0 spiro atoms. The molecule has 2 aromatic rings. The van der Waals surface area contributed by atoms with E-state index < -0.39 is 17.8 Å². The number of benzene rings is 2. The van der Waals surface area contributed by atoms with Crippen molar-refractivity contribution in [3.63, 3.8) is 0 Å². The zero-order chi connectivity index (χ0) is 16.7. The summed E-state index contributed by atoms with van der Waals surface area (Å²) < 4.78 is 13.6. The molecule has 0 radical (unpaired) electrons. The Bertz CT molecular complexity index is 673. The highest BCUT2D eigenvalue weighted by atomic mass is 19.1. The molecule has 2 rings (SSSR count). The largest absolute Gasteiger partial charge is 0.480 e. The van der Waals surface area contributed by atoms with Crippen molar-refractivity contribution in [2.24, 2.45) is 0 Å². The van der Waals surface area contributed by atoms with Crippen molar-refractivity contribution < 1.29 is 19.1 Å². The molecule has 0 bridgehead atoms. The van der Waals surface area contributed by atoms with Gasteiger partial charge in [0.05, 0.1) is 0 Å². The molecule has 0 aliphatic carbocycles. The average molecular weight is 315 g/mol. The first kappa shape index (κ1) is 16.7. The van der Waals surface area contributed by atoms with E-state index in [0.29, 0.717) is 6.42 Å². The van der Waals surface area contributed by atoms with Crippen molar-refractivity contribution in [1.82, 2.24) is 5.32 Å². The summed E-state index contributed by atoms with van der Waals surface area (Å²) in [6, 6.07) is 14.3. The van der Waals surface area contributed by atoms with Gasteiger partial charge < -0.3 is 10.4 Å². The fourth-order valence-corrected chi connectivity index (χ4v) is 2.25. The van der Waals surface area contributed by atoms with Crippen LogP contribution in [0.25, 0.3) is 0 Å². The van der Waals surface area contributed by atoms with Gasteiger partial charge in [0.15, 0.2) is 0 Å². The van der Waals surface area contributed by atoms with E-state index in [1.54, 1.807) is 6.07 Å². The van der Waals surface area contributed by atoms with E-state index in [1.165, 1.54) is 18.2 Å². The van der Waals surface area contributed by atoms with Gasteiger partial charge in [-0.05, 0) is 23.6 Å². The number of hydrogen-bond acceptors (Lipinski definition) is 2. The topological polar surface area (TPSA) is 66.4 Å². The van der Waals surface area contributed by atoms with Crippen molar-refractivity contribution in [3.8, 4) is 0 Å². The van der Waals surface area contributed by atoms with E-state index in [1.807, 2.05) is 30.3 Å². The van der Waals surface area contributed by atoms with E-state index >= 15 is 0 Å². The molecular formula is C18H18FNO3. The molecule has 0 aliphatic rings. The summed E-state index contributed by atoms with van der Waals surface area (Å²) >= 11 is 0. The van der Waals surface area contributed by atoms with Crippen LogP contribution in [-0.2, 0) is 22.4 Å². The van der Waals surface area contributed by atoms with Gasteiger partial charge in [-0.2, -0.15) is 0 Å². The summed E-state index contributed by atoms with van der Waals surface area (Å²) in [7, 11) is 0. The average Bonchev–Trinajstić information content (AvgIpc) is 2.55. The summed E-state index contributed by atoms with van der Waals surface area (Å²) in [6.07, 6.45) is 0.628. The summed E-state index contributed by atoms with van der Waals surface area (Å²) in [5.74, 6) is -2.02. The normalized spacial score (nSPS) is 11.7. The molecule has 0 aromatic heterocycles. The third-order valence-corrected chi connectivity index (χ3v) is 3.50. The number of carboxylic acids is 1. The van der Waals surface area contributed by atoms with Crippen LogP contribution < -0.4 is 5.32 Å². The molecule has 0 saturated carbocycles. The maximum atomic E-state index is 13.6. The highest BCUT2D eigenvalue weighted by Crippen LogP contribution is 2.10. The first-order chi connectivity index (χ1) is 11.1. The number of hydrogen-bond donors (Lipinski definition) is 2. The van der Waals surface area contributed by atoms with E-state index in [9.17, 15) is 19.1 Å². The highest BCUT2D eigenvalue weighted by Gasteiger charge is 2.21. The molecule has 0 heterocycles. The molecule has 4 nitrogen and oxygen atoms in total. The van der Waals surface area contributed by atoms with Gasteiger partial charge in [0.25, 0.3) is 0 Å². The quantitative estimate of drug-likeness (QED) is 0.825. The van der Waals surface area contributed by atoms with Gasteiger partial charge in [-0.1, -0.05) is 48.5 Å². The molecular weight excluding hydrogens is 297 g/mol. The number of amides is 1. The van der Waals surface area contributed by atoms with Gasteiger partial charge in [-0.15, -0.1) is 0 Å². The van der Waals surface area contributed by atoms with Gasteiger partial charge in [-0.3, -0.25) is 4.79 Å². The molecule has 2 aromatic carbocycles. The molecule has 0 fully saturated rings. The number of aliphatic carboxylic acids is 1. The second kappa shape index (κ2) is 8.08.